The molecule has 0 saturated carbocycles. The summed E-state index contributed by atoms with van der Waals surface area (Å²) in [6.07, 6.45) is 0. The van der Waals surface area contributed by atoms with Crippen LogP contribution in [0.3, 0.4) is 0 Å². The number of carbonyl (C=O) groups is 2. The number of nitrogens with zero attached hydrogens (tertiary/aromatic N) is 2. The van der Waals surface area contributed by atoms with Crippen molar-refractivity contribution < 1.29 is 19.1 Å². The number of hydrogen-bond acceptors (Lipinski definition) is 5. The van der Waals surface area contributed by atoms with Gasteiger partial charge >= 0.3 is 0 Å². The predicted molar refractivity (Wildman–Crippen MR) is 114 cm³/mol. The summed E-state index contributed by atoms with van der Waals surface area (Å²) in [7, 11) is 0. The molecule has 0 unspecified atom stereocenters. The van der Waals surface area contributed by atoms with Gasteiger partial charge < -0.3 is 19.7 Å². The van der Waals surface area contributed by atoms with Crippen molar-refractivity contribution in [2.45, 2.75) is 0 Å². The van der Waals surface area contributed by atoms with Crippen molar-refractivity contribution in [3.05, 3.63) is 52.5 Å². The molecule has 0 aromatic heterocycles. The lowest BCUT2D eigenvalue weighted by atomic mass is 10.2. The molecule has 152 valence electrons. The van der Waals surface area contributed by atoms with Crippen molar-refractivity contribution in [3.63, 3.8) is 0 Å². The zero-order valence-corrected chi connectivity index (χ0v) is 17.5. The molecule has 2 amide bonds. The van der Waals surface area contributed by atoms with Crippen LogP contribution in [-0.2, 0) is 9.53 Å². The molecule has 1 N–H and O–H groups in total. The third kappa shape index (κ3) is 4.77. The van der Waals surface area contributed by atoms with E-state index in [2.05, 4.69) is 26.1 Å². The predicted octanol–water partition coefficient (Wildman–Crippen LogP) is 2.76. The maximum absolute atomic E-state index is 12.5. The number of anilines is 2. The van der Waals surface area contributed by atoms with E-state index in [-0.39, 0.29) is 18.4 Å². The van der Waals surface area contributed by atoms with Crippen LogP contribution in [0.1, 0.15) is 10.4 Å². The summed E-state index contributed by atoms with van der Waals surface area (Å²) in [5, 5.41) is 2.88. The van der Waals surface area contributed by atoms with E-state index in [9.17, 15) is 9.59 Å². The Hall–Kier alpha value is -2.42. The minimum atomic E-state index is -0.206. The van der Waals surface area contributed by atoms with E-state index >= 15 is 0 Å². The van der Waals surface area contributed by atoms with Crippen LogP contribution in [0.2, 0.25) is 0 Å². The Morgan fingerprint density at radius 2 is 1.93 bits per heavy atom. The maximum atomic E-state index is 12.5. The van der Waals surface area contributed by atoms with Crippen LogP contribution in [-0.4, -0.2) is 62.7 Å². The Balaban J connectivity index is 1.46. The first kappa shape index (κ1) is 19.9. The number of fused-ring (bicyclic) bond motifs is 1. The molecule has 0 atom stereocenters. The molecule has 0 spiro atoms. The molecule has 2 aromatic rings. The van der Waals surface area contributed by atoms with Crippen molar-refractivity contribution in [1.29, 1.82) is 0 Å². The lowest BCUT2D eigenvalue weighted by Crippen LogP contribution is -2.45. The Labute approximate surface area is 177 Å². The van der Waals surface area contributed by atoms with Crippen LogP contribution in [0.25, 0.3) is 0 Å². The summed E-state index contributed by atoms with van der Waals surface area (Å²) >= 11 is 3.37. The third-order valence-corrected chi connectivity index (χ3v) is 5.48. The van der Waals surface area contributed by atoms with Gasteiger partial charge in [0.05, 0.1) is 18.9 Å². The first-order valence-corrected chi connectivity index (χ1v) is 10.3. The quantitative estimate of drug-likeness (QED) is 0.744. The van der Waals surface area contributed by atoms with E-state index in [1.54, 1.807) is 29.2 Å². The van der Waals surface area contributed by atoms with Gasteiger partial charge in [-0.2, -0.15) is 0 Å². The molecule has 0 aliphatic carbocycles. The largest absolute Gasteiger partial charge is 0.481 e. The minimum absolute atomic E-state index is 0.000850. The monoisotopic (exact) mass is 459 g/mol. The zero-order chi connectivity index (χ0) is 20.2. The van der Waals surface area contributed by atoms with E-state index < -0.39 is 0 Å². The highest BCUT2D eigenvalue weighted by molar-refractivity contribution is 9.10. The van der Waals surface area contributed by atoms with Gasteiger partial charge in [-0.1, -0.05) is 22.0 Å². The normalized spacial score (nSPS) is 16.9. The van der Waals surface area contributed by atoms with Crippen molar-refractivity contribution in [2.24, 2.45) is 0 Å². The molecule has 0 bridgehead atoms. The van der Waals surface area contributed by atoms with Crippen LogP contribution in [0.5, 0.6) is 5.75 Å². The first-order valence-electron chi connectivity index (χ1n) is 9.54. The van der Waals surface area contributed by atoms with Crippen LogP contribution >= 0.6 is 15.9 Å². The fraction of sp³-hybridized carbons (Fsp3) is 0.333. The molecule has 1 saturated heterocycles. The number of benzene rings is 2. The smallest absolute Gasteiger partial charge is 0.265 e. The lowest BCUT2D eigenvalue weighted by molar-refractivity contribution is -0.121. The Bertz CT molecular complexity index is 915. The number of carbonyl (C=O) groups excluding carboxylic acids is 2. The Morgan fingerprint density at radius 1 is 1.10 bits per heavy atom. The van der Waals surface area contributed by atoms with Crippen molar-refractivity contribution in [1.82, 2.24) is 4.90 Å². The van der Waals surface area contributed by atoms with Gasteiger partial charge in [0.15, 0.2) is 6.61 Å². The summed E-state index contributed by atoms with van der Waals surface area (Å²) in [5.74, 6) is 0.331. The minimum Gasteiger partial charge on any atom is -0.481 e. The van der Waals surface area contributed by atoms with E-state index in [0.29, 0.717) is 23.5 Å². The molecule has 8 heteroatoms. The van der Waals surface area contributed by atoms with Crippen molar-refractivity contribution >= 4 is 39.1 Å². The number of amides is 2. The second kappa shape index (κ2) is 8.94. The summed E-state index contributed by atoms with van der Waals surface area (Å²) in [6, 6.07) is 12.6. The summed E-state index contributed by atoms with van der Waals surface area (Å²) in [6.45, 7) is 4.61. The average molecular weight is 460 g/mol. The second-order valence-corrected chi connectivity index (χ2v) is 7.85. The molecule has 2 aliphatic heterocycles. The highest BCUT2D eigenvalue weighted by Gasteiger charge is 2.26. The molecule has 2 heterocycles. The molecule has 1 fully saturated rings. The molecule has 7 nitrogen and oxygen atoms in total. The molecule has 2 aromatic carbocycles. The van der Waals surface area contributed by atoms with Gasteiger partial charge in [-0.05, 0) is 30.3 Å². The third-order valence-electron chi connectivity index (χ3n) is 4.99. The Morgan fingerprint density at radius 3 is 2.72 bits per heavy atom. The SMILES string of the molecule is O=C(Nc1ccc2c(c1)OCC(=O)N2CCN1CCOCC1)c1cccc(Br)c1. The van der Waals surface area contributed by atoms with Crippen LogP contribution in [0.4, 0.5) is 11.4 Å². The van der Waals surface area contributed by atoms with Crippen molar-refractivity contribution in [3.8, 4) is 5.75 Å². The van der Waals surface area contributed by atoms with Gasteiger partial charge in [0.2, 0.25) is 0 Å². The topological polar surface area (TPSA) is 71.1 Å². The highest BCUT2D eigenvalue weighted by atomic mass is 79.9. The molecule has 0 radical (unpaired) electrons. The van der Waals surface area contributed by atoms with Crippen LogP contribution in [0, 0.1) is 0 Å². The van der Waals surface area contributed by atoms with Crippen LogP contribution in [0.15, 0.2) is 46.9 Å². The number of halogens is 1. The number of hydrogen-bond donors (Lipinski definition) is 1. The van der Waals surface area contributed by atoms with E-state index in [0.717, 1.165) is 43.0 Å². The fourth-order valence-electron chi connectivity index (χ4n) is 3.43. The summed E-state index contributed by atoms with van der Waals surface area (Å²) in [5.41, 5.74) is 1.91. The Kier molecular flexibility index (Phi) is 6.13. The summed E-state index contributed by atoms with van der Waals surface area (Å²) < 4.78 is 11.8. The molecular formula is C21H22BrN3O4. The highest BCUT2D eigenvalue weighted by Crippen LogP contribution is 2.34. The van der Waals surface area contributed by atoms with Crippen LogP contribution < -0.4 is 15.0 Å². The van der Waals surface area contributed by atoms with Gasteiger partial charge in [-0.15, -0.1) is 0 Å². The van der Waals surface area contributed by atoms with Crippen molar-refractivity contribution in [2.75, 3.05) is 56.2 Å². The maximum Gasteiger partial charge on any atom is 0.265 e. The standard InChI is InChI=1S/C21H22BrN3O4/c22-16-3-1-2-15(12-16)21(27)23-17-4-5-18-19(13-17)29-14-20(26)25(18)7-6-24-8-10-28-11-9-24/h1-5,12-13H,6-11,14H2,(H,23,27). The molecular weight excluding hydrogens is 438 g/mol. The zero-order valence-electron chi connectivity index (χ0n) is 15.9. The van der Waals surface area contributed by atoms with Gasteiger partial charge in [0.1, 0.15) is 5.75 Å². The summed E-state index contributed by atoms with van der Waals surface area (Å²) in [4.78, 5) is 28.9. The number of morpholine rings is 1. The van der Waals surface area contributed by atoms with E-state index in [1.807, 2.05) is 18.2 Å². The van der Waals surface area contributed by atoms with Gasteiger partial charge in [-0.3, -0.25) is 14.5 Å². The fourth-order valence-corrected chi connectivity index (χ4v) is 3.83. The average Bonchev–Trinajstić information content (AvgIpc) is 2.74. The van der Waals surface area contributed by atoms with Gasteiger partial charge in [0, 0.05) is 48.0 Å². The molecule has 2 aliphatic rings. The lowest BCUT2D eigenvalue weighted by Gasteiger charge is -2.33. The number of rotatable bonds is 5. The van der Waals surface area contributed by atoms with E-state index in [4.69, 9.17) is 9.47 Å². The molecule has 29 heavy (non-hydrogen) atoms. The van der Waals surface area contributed by atoms with Gasteiger partial charge in [0.25, 0.3) is 11.8 Å². The van der Waals surface area contributed by atoms with Gasteiger partial charge in [-0.25, -0.2) is 0 Å². The first-order chi connectivity index (χ1) is 14.1. The number of ether oxygens (including phenoxy) is 2. The van der Waals surface area contributed by atoms with E-state index in [1.165, 1.54) is 0 Å². The number of nitrogens with one attached hydrogen (secondary N) is 1. The molecule has 4 rings (SSSR count). The second-order valence-electron chi connectivity index (χ2n) is 6.94.